The van der Waals surface area contributed by atoms with Crippen LogP contribution in [0, 0.1) is 0 Å². The van der Waals surface area contributed by atoms with Gasteiger partial charge in [-0.1, -0.05) is 37.3 Å². The third-order valence-electron chi connectivity index (χ3n) is 4.58. The molecule has 1 aliphatic rings. The van der Waals surface area contributed by atoms with Gasteiger partial charge in [-0.05, 0) is 29.3 Å². The van der Waals surface area contributed by atoms with E-state index in [2.05, 4.69) is 35.3 Å². The fourth-order valence-electron chi connectivity index (χ4n) is 3.29. The van der Waals surface area contributed by atoms with Gasteiger partial charge in [-0.25, -0.2) is 0 Å². The van der Waals surface area contributed by atoms with E-state index in [4.69, 9.17) is 9.47 Å². The largest absolute Gasteiger partial charge is 0.491 e. The molecule has 1 unspecified atom stereocenters. The molecule has 0 bridgehead atoms. The zero-order valence-electron chi connectivity index (χ0n) is 15.4. The molecule has 1 aliphatic heterocycles. The minimum Gasteiger partial charge on any atom is -0.491 e. The van der Waals surface area contributed by atoms with E-state index in [9.17, 15) is 4.79 Å². The SMILES string of the molecule is COCCOc1cccc(CNC(=O)CN2CC(C)c3ccccc32)c1. The third-order valence-corrected chi connectivity index (χ3v) is 4.58. The van der Waals surface area contributed by atoms with Gasteiger partial charge in [-0.2, -0.15) is 0 Å². The highest BCUT2D eigenvalue weighted by atomic mass is 16.5. The van der Waals surface area contributed by atoms with Crippen LogP contribution in [0.2, 0.25) is 0 Å². The lowest BCUT2D eigenvalue weighted by Crippen LogP contribution is -2.36. The van der Waals surface area contributed by atoms with Gasteiger partial charge in [0.25, 0.3) is 0 Å². The molecule has 0 aliphatic carbocycles. The van der Waals surface area contributed by atoms with Gasteiger partial charge in [-0.3, -0.25) is 4.79 Å². The zero-order chi connectivity index (χ0) is 18.4. The molecule has 3 rings (SSSR count). The van der Waals surface area contributed by atoms with Crippen LogP contribution < -0.4 is 15.0 Å². The number of benzene rings is 2. The molecule has 0 radical (unpaired) electrons. The Morgan fingerprint density at radius 2 is 2.04 bits per heavy atom. The van der Waals surface area contributed by atoms with Crippen LogP contribution in [0.15, 0.2) is 48.5 Å². The number of rotatable bonds is 8. The number of para-hydroxylation sites is 1. The van der Waals surface area contributed by atoms with E-state index in [1.165, 1.54) is 11.3 Å². The Hall–Kier alpha value is -2.53. The number of anilines is 1. The van der Waals surface area contributed by atoms with E-state index < -0.39 is 0 Å². The lowest BCUT2D eigenvalue weighted by molar-refractivity contribution is -0.119. The molecule has 2 aromatic carbocycles. The van der Waals surface area contributed by atoms with Crippen LogP contribution in [0.4, 0.5) is 5.69 Å². The summed E-state index contributed by atoms with van der Waals surface area (Å²) in [7, 11) is 1.65. The first kappa shape index (κ1) is 18.3. The van der Waals surface area contributed by atoms with E-state index in [0.717, 1.165) is 17.9 Å². The number of amides is 1. The molecule has 1 N–H and O–H groups in total. The van der Waals surface area contributed by atoms with Crippen LogP contribution in [0.25, 0.3) is 0 Å². The van der Waals surface area contributed by atoms with Gasteiger partial charge >= 0.3 is 0 Å². The van der Waals surface area contributed by atoms with Crippen molar-refractivity contribution in [1.82, 2.24) is 5.32 Å². The zero-order valence-corrected chi connectivity index (χ0v) is 15.4. The topological polar surface area (TPSA) is 50.8 Å². The lowest BCUT2D eigenvalue weighted by Gasteiger charge is -2.19. The molecule has 0 spiro atoms. The number of methoxy groups -OCH3 is 1. The molecular weight excluding hydrogens is 328 g/mol. The Labute approximate surface area is 154 Å². The van der Waals surface area contributed by atoms with Crippen molar-refractivity contribution in [3.63, 3.8) is 0 Å². The molecule has 1 amide bonds. The van der Waals surface area contributed by atoms with Crippen LogP contribution in [-0.4, -0.2) is 39.3 Å². The average molecular weight is 354 g/mol. The lowest BCUT2D eigenvalue weighted by atomic mass is 10.0. The van der Waals surface area contributed by atoms with Gasteiger partial charge < -0.3 is 19.7 Å². The third kappa shape index (κ3) is 4.55. The quantitative estimate of drug-likeness (QED) is 0.741. The fourth-order valence-corrected chi connectivity index (χ4v) is 3.29. The molecule has 2 aromatic rings. The maximum atomic E-state index is 12.4. The second-order valence-corrected chi connectivity index (χ2v) is 6.61. The van der Waals surface area contributed by atoms with Crippen molar-refractivity contribution in [2.45, 2.75) is 19.4 Å². The maximum Gasteiger partial charge on any atom is 0.239 e. The summed E-state index contributed by atoms with van der Waals surface area (Å²) in [5.74, 6) is 1.27. The minimum atomic E-state index is 0.0274. The van der Waals surface area contributed by atoms with Crippen LogP contribution in [0.5, 0.6) is 5.75 Å². The summed E-state index contributed by atoms with van der Waals surface area (Å²) in [6, 6.07) is 16.1. The molecule has 138 valence electrons. The first-order valence-corrected chi connectivity index (χ1v) is 8.98. The van der Waals surface area contributed by atoms with Crippen molar-refractivity contribution in [2.75, 3.05) is 38.3 Å². The number of nitrogens with zero attached hydrogens (tertiary/aromatic N) is 1. The molecule has 0 aromatic heterocycles. The number of fused-ring (bicyclic) bond motifs is 1. The Morgan fingerprint density at radius 3 is 2.88 bits per heavy atom. The Bertz CT molecular complexity index is 748. The number of nitrogens with one attached hydrogen (secondary N) is 1. The highest BCUT2D eigenvalue weighted by Gasteiger charge is 2.26. The van der Waals surface area contributed by atoms with E-state index >= 15 is 0 Å². The smallest absolute Gasteiger partial charge is 0.239 e. The van der Waals surface area contributed by atoms with E-state index in [1.54, 1.807) is 7.11 Å². The van der Waals surface area contributed by atoms with E-state index in [-0.39, 0.29) is 5.91 Å². The first-order valence-electron chi connectivity index (χ1n) is 8.98. The molecule has 5 nitrogen and oxygen atoms in total. The van der Waals surface area contributed by atoms with Crippen molar-refractivity contribution in [2.24, 2.45) is 0 Å². The van der Waals surface area contributed by atoms with Crippen LogP contribution >= 0.6 is 0 Å². The predicted octanol–water partition coefficient (Wildman–Crippen LogP) is 2.95. The van der Waals surface area contributed by atoms with Crippen LogP contribution in [0.3, 0.4) is 0 Å². The number of hydrogen-bond acceptors (Lipinski definition) is 4. The second kappa shape index (κ2) is 8.72. The minimum absolute atomic E-state index is 0.0274. The van der Waals surface area contributed by atoms with Gasteiger partial charge in [0.1, 0.15) is 12.4 Å². The van der Waals surface area contributed by atoms with Gasteiger partial charge in [0, 0.05) is 31.8 Å². The van der Waals surface area contributed by atoms with Crippen LogP contribution in [-0.2, 0) is 16.1 Å². The second-order valence-electron chi connectivity index (χ2n) is 6.61. The van der Waals surface area contributed by atoms with Gasteiger partial charge in [-0.15, -0.1) is 0 Å². The summed E-state index contributed by atoms with van der Waals surface area (Å²) in [4.78, 5) is 14.5. The Balaban J connectivity index is 1.51. The number of carbonyl (C=O) groups excluding carboxylic acids is 1. The summed E-state index contributed by atoms with van der Waals surface area (Å²) >= 11 is 0. The Kier molecular flexibility index (Phi) is 6.12. The number of ether oxygens (including phenoxy) is 2. The normalized spacial score (nSPS) is 15.6. The fraction of sp³-hybridized carbons (Fsp3) is 0.381. The summed E-state index contributed by atoms with van der Waals surface area (Å²) in [5, 5.41) is 3.01. The molecule has 1 heterocycles. The molecule has 26 heavy (non-hydrogen) atoms. The molecule has 0 saturated carbocycles. The standard InChI is InChI=1S/C21H26N2O3/c1-16-14-23(20-9-4-3-8-19(16)20)15-21(24)22-13-17-6-5-7-18(12-17)26-11-10-25-2/h3-9,12,16H,10-11,13-15H2,1-2H3,(H,22,24). The summed E-state index contributed by atoms with van der Waals surface area (Å²) in [6.45, 7) is 5.02. The Morgan fingerprint density at radius 1 is 1.19 bits per heavy atom. The van der Waals surface area contributed by atoms with Crippen molar-refractivity contribution >= 4 is 11.6 Å². The molecule has 5 heteroatoms. The predicted molar refractivity (Wildman–Crippen MR) is 103 cm³/mol. The summed E-state index contributed by atoms with van der Waals surface area (Å²) in [6.07, 6.45) is 0. The molecular formula is C21H26N2O3. The van der Waals surface area contributed by atoms with Crippen molar-refractivity contribution in [3.8, 4) is 5.75 Å². The number of carbonyl (C=O) groups is 1. The van der Waals surface area contributed by atoms with E-state index in [0.29, 0.717) is 32.2 Å². The molecule has 0 fully saturated rings. The summed E-state index contributed by atoms with van der Waals surface area (Å²) < 4.78 is 10.6. The van der Waals surface area contributed by atoms with Crippen molar-refractivity contribution in [1.29, 1.82) is 0 Å². The highest BCUT2D eigenvalue weighted by molar-refractivity contribution is 5.82. The monoisotopic (exact) mass is 354 g/mol. The van der Waals surface area contributed by atoms with Gasteiger partial charge in [0.15, 0.2) is 0 Å². The van der Waals surface area contributed by atoms with Crippen molar-refractivity contribution in [3.05, 3.63) is 59.7 Å². The molecule has 0 saturated heterocycles. The molecule has 1 atom stereocenters. The van der Waals surface area contributed by atoms with Crippen molar-refractivity contribution < 1.29 is 14.3 Å². The van der Waals surface area contributed by atoms with Gasteiger partial charge in [0.05, 0.1) is 13.2 Å². The maximum absolute atomic E-state index is 12.4. The van der Waals surface area contributed by atoms with Crippen LogP contribution in [0.1, 0.15) is 24.0 Å². The number of hydrogen-bond donors (Lipinski definition) is 1. The van der Waals surface area contributed by atoms with E-state index in [1.807, 2.05) is 30.3 Å². The summed E-state index contributed by atoms with van der Waals surface area (Å²) in [5.41, 5.74) is 3.51. The highest BCUT2D eigenvalue weighted by Crippen LogP contribution is 2.35. The van der Waals surface area contributed by atoms with Gasteiger partial charge in [0.2, 0.25) is 5.91 Å². The first-order chi connectivity index (χ1) is 12.7. The average Bonchev–Trinajstić information content (AvgIpc) is 2.97.